The zero-order chi connectivity index (χ0) is 35.4. The third-order valence-corrected chi connectivity index (χ3v) is 10.4. The van der Waals surface area contributed by atoms with Crippen molar-refractivity contribution in [2.24, 2.45) is 0 Å². The Hall–Kier alpha value is -4.98. The van der Waals surface area contributed by atoms with Gasteiger partial charge in [-0.25, -0.2) is 22.8 Å². The van der Waals surface area contributed by atoms with E-state index in [0.717, 1.165) is 25.1 Å². The molecule has 3 aromatic heterocycles. The van der Waals surface area contributed by atoms with Gasteiger partial charge in [0, 0.05) is 37.7 Å². The maximum absolute atomic E-state index is 17.1. The number of carbonyl (C=O) groups excluding carboxylic acids is 1. The molecule has 2 fully saturated rings. The quantitative estimate of drug-likeness (QED) is 0.191. The Morgan fingerprint density at radius 2 is 2.00 bits per heavy atom. The molecule has 1 N–H and O–H groups in total. The summed E-state index contributed by atoms with van der Waals surface area (Å²) >= 11 is 0. The third kappa shape index (κ3) is 5.88. The molecule has 2 aromatic carbocycles. The number of aromatic hydroxyl groups is 1. The summed E-state index contributed by atoms with van der Waals surface area (Å²) in [7, 11) is 0. The number of fused-ring (bicyclic) bond motifs is 2. The minimum absolute atomic E-state index is 0.0797. The van der Waals surface area contributed by atoms with Crippen molar-refractivity contribution in [3.05, 3.63) is 59.4 Å². The Bertz CT molecular complexity index is 2180. The van der Waals surface area contributed by atoms with Crippen LogP contribution in [0, 0.1) is 18.6 Å². The van der Waals surface area contributed by atoms with Gasteiger partial charge in [-0.1, -0.05) is 13.0 Å². The lowest BCUT2D eigenvalue weighted by Crippen LogP contribution is -2.43. The molecule has 11 nitrogen and oxygen atoms in total. The van der Waals surface area contributed by atoms with E-state index in [1.54, 1.807) is 19.2 Å². The first-order chi connectivity index (χ1) is 24.6. The van der Waals surface area contributed by atoms with Gasteiger partial charge in [0.2, 0.25) is 11.8 Å². The molecule has 0 aliphatic carbocycles. The van der Waals surface area contributed by atoms with Gasteiger partial charge in [0.1, 0.15) is 53.4 Å². The molecule has 0 spiro atoms. The van der Waals surface area contributed by atoms with Gasteiger partial charge in [0.05, 0.1) is 17.8 Å². The number of hydrogen-bond donors (Lipinski definition) is 1. The molecular formula is C37H38F3N7O4. The fourth-order valence-corrected chi connectivity index (χ4v) is 8.03. The highest BCUT2D eigenvalue weighted by Crippen LogP contribution is 2.44. The Labute approximate surface area is 292 Å². The van der Waals surface area contributed by atoms with Crippen LogP contribution in [0.15, 0.2) is 36.5 Å². The van der Waals surface area contributed by atoms with Crippen LogP contribution in [0.5, 0.6) is 17.6 Å². The molecule has 3 aliphatic heterocycles. The van der Waals surface area contributed by atoms with Crippen LogP contribution in [0.2, 0.25) is 0 Å². The molecule has 3 aliphatic rings. The third-order valence-electron chi connectivity index (χ3n) is 10.4. The van der Waals surface area contributed by atoms with Crippen molar-refractivity contribution < 1.29 is 32.5 Å². The number of aromatic nitrogens is 5. The van der Waals surface area contributed by atoms with Crippen molar-refractivity contribution in [1.82, 2.24) is 29.6 Å². The lowest BCUT2D eigenvalue weighted by atomic mass is 9.94. The molecule has 0 amide bonds. The minimum atomic E-state index is -0.958. The lowest BCUT2D eigenvalue weighted by molar-refractivity contribution is 0.0884. The van der Waals surface area contributed by atoms with Crippen LogP contribution >= 0.6 is 0 Å². The summed E-state index contributed by atoms with van der Waals surface area (Å²) in [6.45, 7) is 5.76. The molecule has 266 valence electrons. The molecule has 6 heterocycles. The number of pyridine rings is 1. The fourth-order valence-electron chi connectivity index (χ4n) is 8.03. The van der Waals surface area contributed by atoms with Crippen LogP contribution in [0.3, 0.4) is 0 Å². The van der Waals surface area contributed by atoms with E-state index in [-0.39, 0.29) is 65.3 Å². The van der Waals surface area contributed by atoms with Crippen molar-refractivity contribution in [3.8, 4) is 28.9 Å². The summed E-state index contributed by atoms with van der Waals surface area (Å²) in [5.74, 6) is -1.16. The SMILES string of the molecule is CCc1c(F)ccc2cc(O)cc(-c3nc4c5c(nc(OC[C@@]67CCCN6C[C@H](F)C7)nc5c3F)N(CCCC(=O)n3ccc(C)n3)CCO4)c12. The van der Waals surface area contributed by atoms with Gasteiger partial charge in [-0.05, 0) is 79.8 Å². The zero-order valence-corrected chi connectivity index (χ0v) is 28.5. The van der Waals surface area contributed by atoms with Gasteiger partial charge in [-0.3, -0.25) is 9.69 Å². The second kappa shape index (κ2) is 13.0. The number of alkyl halides is 1. The van der Waals surface area contributed by atoms with Crippen LogP contribution < -0.4 is 14.4 Å². The number of carbonyl (C=O) groups is 1. The van der Waals surface area contributed by atoms with E-state index < -0.39 is 23.3 Å². The number of halogens is 3. The molecule has 0 saturated carbocycles. The zero-order valence-electron chi connectivity index (χ0n) is 28.5. The summed E-state index contributed by atoms with van der Waals surface area (Å²) in [5, 5.41) is 16.1. The van der Waals surface area contributed by atoms with Crippen molar-refractivity contribution in [2.75, 3.05) is 44.3 Å². The molecule has 2 saturated heterocycles. The molecule has 0 bridgehead atoms. The summed E-state index contributed by atoms with van der Waals surface area (Å²) in [6.07, 6.45) is 3.67. The number of phenolic OH excluding ortho intramolecular Hbond substituents is 1. The molecule has 2 atom stereocenters. The van der Waals surface area contributed by atoms with E-state index in [0.29, 0.717) is 61.1 Å². The molecule has 0 radical (unpaired) electrons. The Morgan fingerprint density at radius 1 is 1.14 bits per heavy atom. The first-order valence-corrected chi connectivity index (χ1v) is 17.4. The smallest absolute Gasteiger partial charge is 0.319 e. The van der Waals surface area contributed by atoms with Crippen LogP contribution in [0.1, 0.15) is 55.1 Å². The summed E-state index contributed by atoms with van der Waals surface area (Å²) in [5.41, 5.74) is 0.512. The average molecular weight is 702 g/mol. The predicted molar refractivity (Wildman–Crippen MR) is 184 cm³/mol. The number of phenols is 1. The number of benzene rings is 2. The average Bonchev–Trinajstić information content (AvgIpc) is 3.77. The first kappa shape index (κ1) is 33.2. The highest BCUT2D eigenvalue weighted by molar-refractivity contribution is 6.03. The lowest BCUT2D eigenvalue weighted by Gasteiger charge is -2.31. The normalized spacial score (nSPS) is 20.2. The number of aryl methyl sites for hydroxylation is 2. The largest absolute Gasteiger partial charge is 0.508 e. The van der Waals surface area contributed by atoms with Gasteiger partial charge in [-0.2, -0.15) is 15.1 Å². The highest BCUT2D eigenvalue weighted by atomic mass is 19.1. The van der Waals surface area contributed by atoms with Gasteiger partial charge >= 0.3 is 6.01 Å². The van der Waals surface area contributed by atoms with Crippen molar-refractivity contribution in [1.29, 1.82) is 0 Å². The maximum Gasteiger partial charge on any atom is 0.319 e. The van der Waals surface area contributed by atoms with Crippen LogP contribution in [-0.4, -0.2) is 91.7 Å². The minimum Gasteiger partial charge on any atom is -0.508 e. The highest BCUT2D eigenvalue weighted by Gasteiger charge is 2.49. The van der Waals surface area contributed by atoms with Crippen molar-refractivity contribution in [3.63, 3.8) is 0 Å². The number of nitrogens with zero attached hydrogens (tertiary/aromatic N) is 7. The first-order valence-electron chi connectivity index (χ1n) is 17.4. The summed E-state index contributed by atoms with van der Waals surface area (Å²) < 4.78 is 60.5. The topological polar surface area (TPSA) is 119 Å². The number of rotatable bonds is 9. The molecule has 5 aromatic rings. The molecule has 0 unspecified atom stereocenters. The summed E-state index contributed by atoms with van der Waals surface area (Å²) in [6, 6.07) is 7.41. The number of ether oxygens (including phenoxy) is 2. The molecular weight excluding hydrogens is 663 g/mol. The van der Waals surface area contributed by atoms with E-state index in [1.165, 1.54) is 28.9 Å². The van der Waals surface area contributed by atoms with E-state index >= 15 is 8.78 Å². The monoisotopic (exact) mass is 701 g/mol. The molecule has 8 rings (SSSR count). The van der Waals surface area contributed by atoms with E-state index in [9.17, 15) is 14.3 Å². The second-order valence-electron chi connectivity index (χ2n) is 13.7. The predicted octanol–water partition coefficient (Wildman–Crippen LogP) is 6.17. The van der Waals surface area contributed by atoms with E-state index in [2.05, 4.69) is 20.0 Å². The molecule has 51 heavy (non-hydrogen) atoms. The van der Waals surface area contributed by atoms with Crippen LogP contribution in [0.4, 0.5) is 19.0 Å². The van der Waals surface area contributed by atoms with E-state index in [4.69, 9.17) is 14.5 Å². The fraction of sp³-hybridized carbons (Fsp3) is 0.432. The Kier molecular flexibility index (Phi) is 8.44. The summed E-state index contributed by atoms with van der Waals surface area (Å²) in [4.78, 5) is 30.8. The van der Waals surface area contributed by atoms with E-state index in [1.807, 2.05) is 11.8 Å². The van der Waals surface area contributed by atoms with Gasteiger partial charge < -0.3 is 19.5 Å². The Morgan fingerprint density at radius 3 is 2.80 bits per heavy atom. The maximum atomic E-state index is 17.1. The molecule has 14 heteroatoms. The van der Waals surface area contributed by atoms with Crippen molar-refractivity contribution >= 4 is 33.4 Å². The van der Waals surface area contributed by atoms with Gasteiger partial charge in [-0.15, -0.1) is 0 Å². The van der Waals surface area contributed by atoms with Crippen LogP contribution in [0.25, 0.3) is 32.9 Å². The Balaban J connectivity index is 1.23. The van der Waals surface area contributed by atoms with Crippen LogP contribution in [-0.2, 0) is 6.42 Å². The second-order valence-corrected chi connectivity index (χ2v) is 13.7. The standard InChI is InChI=1S/C37H38F3N7O4/c1-3-25-27(39)8-7-22-16-24(48)17-26(29(22)25)32-31(40)33-30-34(43-36(42-33)51-20-37-10-5-12-46(37)19-23(38)18-37)45(14-15-50-35(30)41-32)11-4-6-28(49)47-13-9-21(2)44-47/h7-9,13,16-17,23,48H,3-6,10-12,14-15,18-20H2,1-2H3/t23-,37+/m1/s1. The number of anilines is 1. The number of hydrogen-bond acceptors (Lipinski definition) is 10. The van der Waals surface area contributed by atoms with Gasteiger partial charge in [0.25, 0.3) is 0 Å². The van der Waals surface area contributed by atoms with Gasteiger partial charge in [0.15, 0.2) is 5.82 Å². The van der Waals surface area contributed by atoms with Crippen molar-refractivity contribution in [2.45, 2.75) is 64.1 Å².